The second kappa shape index (κ2) is 9.67. The van der Waals surface area contributed by atoms with Crippen molar-refractivity contribution in [2.45, 2.75) is 13.8 Å². The summed E-state index contributed by atoms with van der Waals surface area (Å²) in [7, 11) is 1.52. The van der Waals surface area contributed by atoms with Crippen LogP contribution in [0, 0.1) is 6.92 Å². The molecular weight excluding hydrogens is 410 g/mol. The lowest BCUT2D eigenvalue weighted by atomic mass is 10.1. The van der Waals surface area contributed by atoms with Gasteiger partial charge >= 0.3 is 0 Å². The Morgan fingerprint density at radius 3 is 2.50 bits per heavy atom. The van der Waals surface area contributed by atoms with E-state index in [1.165, 1.54) is 13.2 Å². The number of aromatic nitrogens is 1. The van der Waals surface area contributed by atoms with Crippen molar-refractivity contribution < 1.29 is 23.6 Å². The highest BCUT2D eigenvalue weighted by molar-refractivity contribution is 6.32. The summed E-state index contributed by atoms with van der Waals surface area (Å²) >= 11 is 6.25. The summed E-state index contributed by atoms with van der Waals surface area (Å²) < 4.78 is 15.9. The summed E-state index contributed by atoms with van der Waals surface area (Å²) in [6.45, 7) is 5.84. The Balaban J connectivity index is 1.60. The lowest BCUT2D eigenvalue weighted by Crippen LogP contribution is -2.50. The molecule has 0 bridgehead atoms. The molecule has 1 aromatic heterocycles. The van der Waals surface area contributed by atoms with Crippen LogP contribution < -0.4 is 9.47 Å². The van der Waals surface area contributed by atoms with E-state index in [1.807, 2.05) is 6.92 Å². The second-order valence-electron chi connectivity index (χ2n) is 6.75. The molecule has 0 unspecified atom stereocenters. The number of nitrogens with zero attached hydrogens (tertiary/aromatic N) is 3. The summed E-state index contributed by atoms with van der Waals surface area (Å²) in [5.41, 5.74) is 1.38. The molecule has 2 aromatic rings. The van der Waals surface area contributed by atoms with Crippen LogP contribution in [0.2, 0.25) is 5.02 Å². The van der Waals surface area contributed by atoms with Crippen LogP contribution in [0.15, 0.2) is 28.8 Å². The van der Waals surface area contributed by atoms with Gasteiger partial charge in [0.25, 0.3) is 5.91 Å². The summed E-state index contributed by atoms with van der Waals surface area (Å²) in [4.78, 5) is 28.3. The van der Waals surface area contributed by atoms with Crippen molar-refractivity contribution in [3.63, 3.8) is 0 Å². The molecule has 2 heterocycles. The van der Waals surface area contributed by atoms with Gasteiger partial charge in [0.15, 0.2) is 11.5 Å². The van der Waals surface area contributed by atoms with E-state index in [2.05, 4.69) is 5.16 Å². The molecular formula is C21H24ClN3O5. The van der Waals surface area contributed by atoms with E-state index in [-0.39, 0.29) is 17.6 Å². The minimum absolute atomic E-state index is 0.137. The number of hydrogen-bond acceptors (Lipinski definition) is 6. The number of benzene rings is 1. The maximum Gasteiger partial charge on any atom is 0.292 e. The molecule has 1 aromatic carbocycles. The van der Waals surface area contributed by atoms with E-state index in [0.717, 1.165) is 5.56 Å². The Morgan fingerprint density at radius 1 is 1.20 bits per heavy atom. The average molecular weight is 434 g/mol. The van der Waals surface area contributed by atoms with Crippen LogP contribution in [0.4, 0.5) is 0 Å². The highest BCUT2D eigenvalue weighted by atomic mass is 35.5. The second-order valence-corrected chi connectivity index (χ2v) is 7.16. The Hall–Kier alpha value is -3.00. The normalized spacial score (nSPS) is 14.3. The SMILES string of the molecule is CCOc1cc(C=CC(=O)N2CCN(C(=O)c3cc(C)no3)CC2)cc(Cl)c1OC. The van der Waals surface area contributed by atoms with Crippen LogP contribution in [0.3, 0.4) is 0 Å². The smallest absolute Gasteiger partial charge is 0.292 e. The highest BCUT2D eigenvalue weighted by Crippen LogP contribution is 2.36. The standard InChI is InChI=1S/C21H24ClN3O5/c1-4-29-17-13-15(12-16(22)20(17)28-3)5-6-19(26)24-7-9-25(10-8-24)21(27)18-11-14(2)23-30-18/h5-6,11-13H,4,7-10H2,1-3H3. The van der Waals surface area contributed by atoms with Crippen molar-refractivity contribution in [2.24, 2.45) is 0 Å². The predicted octanol–water partition coefficient (Wildman–Crippen LogP) is 3.04. The Morgan fingerprint density at radius 2 is 1.90 bits per heavy atom. The van der Waals surface area contributed by atoms with Gasteiger partial charge in [0.05, 0.1) is 24.4 Å². The van der Waals surface area contributed by atoms with Crippen molar-refractivity contribution in [1.82, 2.24) is 15.0 Å². The molecule has 30 heavy (non-hydrogen) atoms. The molecule has 0 spiro atoms. The first-order valence-corrected chi connectivity index (χ1v) is 10.0. The number of methoxy groups -OCH3 is 1. The van der Waals surface area contributed by atoms with Crippen molar-refractivity contribution in [1.29, 1.82) is 0 Å². The number of piperazine rings is 1. The van der Waals surface area contributed by atoms with Crippen LogP contribution in [-0.2, 0) is 4.79 Å². The first-order valence-electron chi connectivity index (χ1n) is 9.62. The Bertz CT molecular complexity index is 948. The molecule has 1 saturated heterocycles. The quantitative estimate of drug-likeness (QED) is 0.651. The van der Waals surface area contributed by atoms with Gasteiger partial charge in [-0.25, -0.2) is 0 Å². The third kappa shape index (κ3) is 4.94. The third-order valence-corrected chi connectivity index (χ3v) is 4.95. The van der Waals surface area contributed by atoms with Gasteiger partial charge in [-0.05, 0) is 37.6 Å². The van der Waals surface area contributed by atoms with Crippen molar-refractivity contribution in [2.75, 3.05) is 39.9 Å². The van der Waals surface area contributed by atoms with Crippen molar-refractivity contribution >= 4 is 29.5 Å². The average Bonchev–Trinajstić information content (AvgIpc) is 3.18. The third-order valence-electron chi connectivity index (χ3n) is 4.67. The maximum atomic E-state index is 12.6. The van der Waals surface area contributed by atoms with Gasteiger partial charge in [-0.2, -0.15) is 0 Å². The van der Waals surface area contributed by atoms with Gasteiger partial charge in [-0.15, -0.1) is 0 Å². The van der Waals surface area contributed by atoms with Gasteiger partial charge in [0, 0.05) is 38.3 Å². The zero-order valence-corrected chi connectivity index (χ0v) is 17.9. The van der Waals surface area contributed by atoms with Gasteiger partial charge in [0.1, 0.15) is 0 Å². The van der Waals surface area contributed by atoms with Gasteiger partial charge < -0.3 is 23.8 Å². The lowest BCUT2D eigenvalue weighted by molar-refractivity contribution is -0.127. The Labute approximate surface area is 180 Å². The fourth-order valence-corrected chi connectivity index (χ4v) is 3.46. The van der Waals surface area contributed by atoms with E-state index in [9.17, 15) is 9.59 Å². The van der Waals surface area contributed by atoms with Crippen molar-refractivity contribution in [3.05, 3.63) is 46.3 Å². The zero-order chi connectivity index (χ0) is 21.7. The molecule has 0 radical (unpaired) electrons. The van der Waals surface area contributed by atoms with E-state index >= 15 is 0 Å². The fraction of sp³-hybridized carbons (Fsp3) is 0.381. The first kappa shape index (κ1) is 21.7. The molecule has 1 aliphatic rings. The summed E-state index contributed by atoms with van der Waals surface area (Å²) in [5.74, 6) is 0.852. The maximum absolute atomic E-state index is 12.6. The number of halogens is 1. The Kier molecular flexibility index (Phi) is 6.99. The largest absolute Gasteiger partial charge is 0.491 e. The first-order chi connectivity index (χ1) is 14.4. The number of carbonyl (C=O) groups excluding carboxylic acids is 2. The van der Waals surface area contributed by atoms with Crippen LogP contribution in [0.1, 0.15) is 28.7 Å². The van der Waals surface area contributed by atoms with Gasteiger partial charge in [0.2, 0.25) is 11.7 Å². The summed E-state index contributed by atoms with van der Waals surface area (Å²) in [6.07, 6.45) is 3.18. The van der Waals surface area contributed by atoms with Crippen LogP contribution in [0.25, 0.3) is 6.08 Å². The molecule has 8 nitrogen and oxygen atoms in total. The van der Waals surface area contributed by atoms with Crippen LogP contribution in [0.5, 0.6) is 11.5 Å². The molecule has 3 rings (SSSR count). The number of carbonyl (C=O) groups is 2. The molecule has 2 amide bonds. The zero-order valence-electron chi connectivity index (χ0n) is 17.2. The highest BCUT2D eigenvalue weighted by Gasteiger charge is 2.26. The molecule has 160 valence electrons. The fourth-order valence-electron chi connectivity index (χ4n) is 3.17. The molecule has 1 fully saturated rings. The number of rotatable bonds is 6. The lowest BCUT2D eigenvalue weighted by Gasteiger charge is -2.33. The molecule has 0 saturated carbocycles. The summed E-state index contributed by atoms with van der Waals surface area (Å²) in [6, 6.07) is 5.09. The minimum Gasteiger partial charge on any atom is -0.491 e. The minimum atomic E-state index is -0.213. The van der Waals surface area contributed by atoms with Gasteiger partial charge in [-0.3, -0.25) is 9.59 Å². The predicted molar refractivity (Wildman–Crippen MR) is 112 cm³/mol. The molecule has 1 aliphatic heterocycles. The number of aryl methyl sites for hydroxylation is 1. The van der Waals surface area contributed by atoms with E-state index in [0.29, 0.717) is 55.0 Å². The van der Waals surface area contributed by atoms with E-state index in [1.54, 1.807) is 41.0 Å². The van der Waals surface area contributed by atoms with Gasteiger partial charge in [-0.1, -0.05) is 16.8 Å². The summed E-state index contributed by atoms with van der Waals surface area (Å²) in [5, 5.41) is 4.15. The van der Waals surface area contributed by atoms with Crippen molar-refractivity contribution in [3.8, 4) is 11.5 Å². The van der Waals surface area contributed by atoms with E-state index in [4.69, 9.17) is 25.6 Å². The van der Waals surface area contributed by atoms with Crippen LogP contribution >= 0.6 is 11.6 Å². The number of hydrogen-bond donors (Lipinski definition) is 0. The molecule has 0 N–H and O–H groups in total. The number of amides is 2. The van der Waals surface area contributed by atoms with E-state index < -0.39 is 0 Å². The topological polar surface area (TPSA) is 85.1 Å². The monoisotopic (exact) mass is 433 g/mol. The molecule has 0 atom stereocenters. The van der Waals surface area contributed by atoms with Crippen LogP contribution in [-0.4, -0.2) is 66.7 Å². The molecule has 9 heteroatoms. The number of ether oxygens (including phenoxy) is 2. The molecule has 0 aliphatic carbocycles.